The standard InChI is InChI=1S/C14H22N2O2/c1-16(12-2-4-13(17)5-3-12)11-14(10-15)6-8-18-9-7-14/h2-5,17H,6-11,15H2,1H3. The number of phenols is 1. The van der Waals surface area contributed by atoms with Crippen molar-refractivity contribution in [3.8, 4) is 5.75 Å². The molecule has 1 aliphatic rings. The summed E-state index contributed by atoms with van der Waals surface area (Å²) >= 11 is 0. The minimum absolute atomic E-state index is 0.158. The molecule has 1 saturated heterocycles. The zero-order chi connectivity index (χ0) is 13.0. The molecule has 100 valence electrons. The summed E-state index contributed by atoms with van der Waals surface area (Å²) in [7, 11) is 2.07. The van der Waals surface area contributed by atoms with E-state index < -0.39 is 0 Å². The molecule has 0 radical (unpaired) electrons. The summed E-state index contributed by atoms with van der Waals surface area (Å²) in [5.41, 5.74) is 7.23. The fourth-order valence-electron chi connectivity index (χ4n) is 2.53. The van der Waals surface area contributed by atoms with E-state index in [1.807, 2.05) is 12.1 Å². The van der Waals surface area contributed by atoms with Crippen molar-refractivity contribution in [1.29, 1.82) is 0 Å². The summed E-state index contributed by atoms with van der Waals surface area (Å²) < 4.78 is 5.42. The van der Waals surface area contributed by atoms with Gasteiger partial charge in [0.15, 0.2) is 0 Å². The quantitative estimate of drug-likeness (QED) is 0.852. The van der Waals surface area contributed by atoms with Gasteiger partial charge in [0.2, 0.25) is 0 Å². The van der Waals surface area contributed by atoms with E-state index in [9.17, 15) is 5.11 Å². The molecular weight excluding hydrogens is 228 g/mol. The van der Waals surface area contributed by atoms with Crippen molar-refractivity contribution in [2.45, 2.75) is 12.8 Å². The van der Waals surface area contributed by atoms with Crippen molar-refractivity contribution >= 4 is 5.69 Å². The number of benzene rings is 1. The second kappa shape index (κ2) is 5.59. The molecule has 4 heteroatoms. The van der Waals surface area contributed by atoms with Crippen LogP contribution in [0.4, 0.5) is 5.69 Å². The molecular formula is C14H22N2O2. The fourth-order valence-corrected chi connectivity index (χ4v) is 2.53. The van der Waals surface area contributed by atoms with E-state index in [4.69, 9.17) is 10.5 Å². The Hall–Kier alpha value is -1.26. The molecule has 3 N–H and O–H groups in total. The van der Waals surface area contributed by atoms with Gasteiger partial charge in [-0.05, 0) is 43.7 Å². The highest BCUT2D eigenvalue weighted by molar-refractivity contribution is 5.48. The molecule has 1 aliphatic heterocycles. The Kier molecular flexibility index (Phi) is 4.09. The maximum absolute atomic E-state index is 9.30. The van der Waals surface area contributed by atoms with E-state index in [1.54, 1.807) is 12.1 Å². The molecule has 0 unspecified atom stereocenters. The van der Waals surface area contributed by atoms with Crippen LogP contribution in [0.5, 0.6) is 5.75 Å². The number of ether oxygens (including phenoxy) is 1. The van der Waals surface area contributed by atoms with Gasteiger partial charge in [0.05, 0.1) is 0 Å². The number of nitrogens with two attached hydrogens (primary N) is 1. The summed E-state index contributed by atoms with van der Waals surface area (Å²) in [4.78, 5) is 2.21. The molecule has 0 aliphatic carbocycles. The molecule has 0 bridgehead atoms. The number of hydrogen-bond acceptors (Lipinski definition) is 4. The summed E-state index contributed by atoms with van der Waals surface area (Å²) in [5, 5.41) is 9.30. The van der Waals surface area contributed by atoms with Crippen LogP contribution in [0.15, 0.2) is 24.3 Å². The third kappa shape index (κ3) is 2.94. The van der Waals surface area contributed by atoms with E-state index >= 15 is 0 Å². The van der Waals surface area contributed by atoms with E-state index in [0.717, 1.165) is 38.3 Å². The normalized spacial score (nSPS) is 18.6. The predicted molar refractivity (Wildman–Crippen MR) is 72.9 cm³/mol. The number of aromatic hydroxyl groups is 1. The van der Waals surface area contributed by atoms with Crippen LogP contribution in [0.1, 0.15) is 12.8 Å². The van der Waals surface area contributed by atoms with Gasteiger partial charge in [0.1, 0.15) is 5.75 Å². The van der Waals surface area contributed by atoms with E-state index in [0.29, 0.717) is 12.3 Å². The lowest BCUT2D eigenvalue weighted by molar-refractivity contribution is 0.0229. The average Bonchev–Trinajstić information content (AvgIpc) is 2.40. The summed E-state index contributed by atoms with van der Waals surface area (Å²) in [6, 6.07) is 7.29. The largest absolute Gasteiger partial charge is 0.508 e. The monoisotopic (exact) mass is 250 g/mol. The molecule has 0 aromatic heterocycles. The van der Waals surface area contributed by atoms with Gasteiger partial charge in [-0.1, -0.05) is 0 Å². The zero-order valence-electron chi connectivity index (χ0n) is 10.9. The molecule has 0 amide bonds. The number of nitrogens with zero attached hydrogens (tertiary/aromatic N) is 1. The van der Waals surface area contributed by atoms with Crippen molar-refractivity contribution in [1.82, 2.24) is 0 Å². The molecule has 1 aromatic carbocycles. The van der Waals surface area contributed by atoms with Gasteiger partial charge in [-0.2, -0.15) is 0 Å². The highest BCUT2D eigenvalue weighted by atomic mass is 16.5. The van der Waals surface area contributed by atoms with Crippen LogP contribution in [0.25, 0.3) is 0 Å². The maximum Gasteiger partial charge on any atom is 0.115 e. The maximum atomic E-state index is 9.30. The molecule has 0 atom stereocenters. The van der Waals surface area contributed by atoms with Gasteiger partial charge in [0, 0.05) is 37.9 Å². The molecule has 4 nitrogen and oxygen atoms in total. The lowest BCUT2D eigenvalue weighted by atomic mass is 9.80. The SMILES string of the molecule is CN(CC1(CN)CCOCC1)c1ccc(O)cc1. The van der Waals surface area contributed by atoms with E-state index in [2.05, 4.69) is 11.9 Å². The minimum Gasteiger partial charge on any atom is -0.508 e. The van der Waals surface area contributed by atoms with E-state index in [1.165, 1.54) is 0 Å². The first kappa shape index (κ1) is 13.2. The van der Waals surface area contributed by atoms with Crippen LogP contribution < -0.4 is 10.6 Å². The first-order valence-corrected chi connectivity index (χ1v) is 6.43. The predicted octanol–water partition coefficient (Wildman–Crippen LogP) is 1.58. The first-order chi connectivity index (χ1) is 8.65. The van der Waals surface area contributed by atoms with Crippen molar-refractivity contribution in [3.05, 3.63) is 24.3 Å². The summed E-state index contributed by atoms with van der Waals surface area (Å²) in [6.07, 6.45) is 2.04. The fraction of sp³-hybridized carbons (Fsp3) is 0.571. The third-order valence-electron chi connectivity index (χ3n) is 3.85. The number of rotatable bonds is 4. The molecule has 0 saturated carbocycles. The highest BCUT2D eigenvalue weighted by Gasteiger charge is 2.32. The van der Waals surface area contributed by atoms with Crippen molar-refractivity contribution in [3.63, 3.8) is 0 Å². The lowest BCUT2D eigenvalue weighted by Crippen LogP contribution is -2.45. The summed E-state index contributed by atoms with van der Waals surface area (Å²) in [5.74, 6) is 0.298. The smallest absolute Gasteiger partial charge is 0.115 e. The number of anilines is 1. The van der Waals surface area contributed by atoms with Gasteiger partial charge in [-0.15, -0.1) is 0 Å². The minimum atomic E-state index is 0.158. The molecule has 18 heavy (non-hydrogen) atoms. The molecule has 2 rings (SSSR count). The van der Waals surface area contributed by atoms with Crippen LogP contribution in [-0.4, -0.2) is 38.5 Å². The molecule has 1 fully saturated rings. The van der Waals surface area contributed by atoms with Gasteiger partial charge in [0.25, 0.3) is 0 Å². The van der Waals surface area contributed by atoms with Gasteiger partial charge < -0.3 is 20.5 Å². The lowest BCUT2D eigenvalue weighted by Gasteiger charge is -2.39. The van der Waals surface area contributed by atoms with E-state index in [-0.39, 0.29) is 5.41 Å². The molecule has 0 spiro atoms. The van der Waals surface area contributed by atoms with Crippen LogP contribution >= 0.6 is 0 Å². The Balaban J connectivity index is 2.04. The molecule has 1 aromatic rings. The Morgan fingerprint density at radius 1 is 1.28 bits per heavy atom. The van der Waals surface area contributed by atoms with Gasteiger partial charge in [-0.25, -0.2) is 0 Å². The van der Waals surface area contributed by atoms with Gasteiger partial charge >= 0.3 is 0 Å². The topological polar surface area (TPSA) is 58.7 Å². The van der Waals surface area contributed by atoms with Crippen LogP contribution in [0.3, 0.4) is 0 Å². The highest BCUT2D eigenvalue weighted by Crippen LogP contribution is 2.31. The van der Waals surface area contributed by atoms with Crippen LogP contribution in [0.2, 0.25) is 0 Å². The molecule has 1 heterocycles. The second-order valence-corrected chi connectivity index (χ2v) is 5.19. The Labute approximate surface area is 108 Å². The van der Waals surface area contributed by atoms with Crippen molar-refractivity contribution < 1.29 is 9.84 Å². The van der Waals surface area contributed by atoms with Crippen LogP contribution in [0, 0.1) is 5.41 Å². The Morgan fingerprint density at radius 3 is 2.44 bits per heavy atom. The average molecular weight is 250 g/mol. The zero-order valence-corrected chi connectivity index (χ0v) is 10.9. The summed E-state index contributed by atoms with van der Waals surface area (Å²) in [6.45, 7) is 3.23. The second-order valence-electron chi connectivity index (χ2n) is 5.19. The third-order valence-corrected chi connectivity index (χ3v) is 3.85. The Bertz CT molecular complexity index is 372. The number of phenolic OH excluding ortho intramolecular Hbond substituents is 1. The van der Waals surface area contributed by atoms with Crippen LogP contribution in [-0.2, 0) is 4.74 Å². The Morgan fingerprint density at radius 2 is 1.89 bits per heavy atom. The van der Waals surface area contributed by atoms with Crippen molar-refractivity contribution in [2.24, 2.45) is 11.1 Å². The number of hydrogen-bond donors (Lipinski definition) is 2. The first-order valence-electron chi connectivity index (χ1n) is 6.43. The van der Waals surface area contributed by atoms with Gasteiger partial charge in [-0.3, -0.25) is 0 Å². The van der Waals surface area contributed by atoms with Crippen molar-refractivity contribution in [2.75, 3.05) is 38.3 Å².